The number of ether oxygens (including phenoxy) is 2. The van der Waals surface area contributed by atoms with Crippen LogP contribution >= 0.6 is 11.3 Å². The van der Waals surface area contributed by atoms with E-state index in [2.05, 4.69) is 9.97 Å². The molecule has 0 bridgehead atoms. The molecule has 10 nitrogen and oxygen atoms in total. The first-order chi connectivity index (χ1) is 19.8. The highest BCUT2D eigenvalue weighted by molar-refractivity contribution is 7.93. The minimum absolute atomic E-state index is 0.00887. The zero-order valence-electron chi connectivity index (χ0n) is 21.9. The maximum Gasteiger partial charge on any atom is 0.296 e. The Labute approximate surface area is 238 Å². The molecule has 2 heterocycles. The molecule has 0 aliphatic rings. The van der Waals surface area contributed by atoms with E-state index in [9.17, 15) is 22.9 Å². The average Bonchev–Trinajstić information content (AvgIpc) is 3.53. The zero-order valence-corrected chi connectivity index (χ0v) is 23.5. The Balaban J connectivity index is 1.64. The molecular formula is C28H23FN4O6S2. The summed E-state index contributed by atoms with van der Waals surface area (Å²) in [6.45, 7) is -0.724. The first-order valence-electron chi connectivity index (χ1n) is 12.1. The molecule has 41 heavy (non-hydrogen) atoms. The van der Waals surface area contributed by atoms with Crippen molar-refractivity contribution in [3.63, 3.8) is 0 Å². The van der Waals surface area contributed by atoms with Gasteiger partial charge in [-0.05, 0) is 41.5 Å². The van der Waals surface area contributed by atoms with Crippen molar-refractivity contribution in [2.45, 2.75) is 18.1 Å². The van der Waals surface area contributed by atoms with E-state index in [4.69, 9.17) is 9.47 Å². The van der Waals surface area contributed by atoms with Gasteiger partial charge < -0.3 is 9.47 Å². The number of thiazole rings is 1. The van der Waals surface area contributed by atoms with E-state index in [0.29, 0.717) is 27.8 Å². The van der Waals surface area contributed by atoms with Gasteiger partial charge in [0.05, 0.1) is 41.7 Å². The van der Waals surface area contributed by atoms with Crippen molar-refractivity contribution in [1.82, 2.24) is 9.97 Å². The summed E-state index contributed by atoms with van der Waals surface area (Å²) in [6.07, 6.45) is 2.60. The maximum absolute atomic E-state index is 14.0. The number of hydrogen-bond acceptors (Lipinski definition) is 9. The van der Waals surface area contributed by atoms with Crippen LogP contribution in [0, 0.1) is 10.1 Å². The number of rotatable bonds is 10. The molecule has 0 unspecified atom stereocenters. The normalized spacial score (nSPS) is 11.4. The zero-order chi connectivity index (χ0) is 29.1. The number of halogens is 1. The van der Waals surface area contributed by atoms with Crippen LogP contribution in [0.4, 0.5) is 15.2 Å². The number of methoxy groups -OCH3 is 2. The summed E-state index contributed by atoms with van der Waals surface area (Å²) >= 11 is 1.17. The van der Waals surface area contributed by atoms with Crippen LogP contribution in [-0.2, 0) is 23.2 Å². The molecule has 5 aromatic rings. The number of sulfonamides is 1. The van der Waals surface area contributed by atoms with Crippen molar-refractivity contribution in [2.24, 2.45) is 0 Å². The quantitative estimate of drug-likeness (QED) is 0.139. The third-order valence-electron chi connectivity index (χ3n) is 6.41. The minimum Gasteiger partial charge on any atom is -0.497 e. The number of nitro groups is 1. The Hall–Kier alpha value is -4.62. The van der Waals surface area contributed by atoms with Crippen molar-refractivity contribution < 1.29 is 27.2 Å². The van der Waals surface area contributed by atoms with Crippen molar-refractivity contribution in [2.75, 3.05) is 18.5 Å². The van der Waals surface area contributed by atoms with Crippen LogP contribution < -0.4 is 13.8 Å². The Morgan fingerprint density at radius 3 is 2.39 bits per heavy atom. The highest BCUT2D eigenvalue weighted by Gasteiger charge is 2.29. The van der Waals surface area contributed by atoms with Gasteiger partial charge in [0.1, 0.15) is 24.4 Å². The van der Waals surface area contributed by atoms with E-state index in [-0.39, 0.29) is 39.1 Å². The second-order valence-electron chi connectivity index (χ2n) is 8.80. The fourth-order valence-corrected chi connectivity index (χ4v) is 6.69. The third kappa shape index (κ3) is 5.41. The number of aromatic nitrogens is 2. The summed E-state index contributed by atoms with van der Waals surface area (Å²) in [6, 6.07) is 15.8. The fraction of sp³-hybridized carbons (Fsp3) is 0.143. The molecule has 0 aliphatic heterocycles. The molecule has 0 saturated heterocycles. The smallest absolute Gasteiger partial charge is 0.296 e. The lowest BCUT2D eigenvalue weighted by molar-refractivity contribution is -0.384. The van der Waals surface area contributed by atoms with Crippen molar-refractivity contribution in [3.05, 3.63) is 99.7 Å². The van der Waals surface area contributed by atoms with Crippen molar-refractivity contribution in [3.8, 4) is 22.6 Å². The van der Waals surface area contributed by atoms with Gasteiger partial charge in [-0.2, -0.15) is 0 Å². The summed E-state index contributed by atoms with van der Waals surface area (Å²) in [5, 5.41) is 14.3. The molecule has 0 atom stereocenters. The standard InChI is InChI=1S/C28H23FN4O6S2/c1-38-20-6-3-18(4-7-20)17-32(28-30-11-12-40-28)41(36,37)21-8-10-22-24(14-21)31-16-25(33(34)35)27(22)23-9-5-19(15-29)13-26(23)39-2/h3-14,16H,15,17H2,1-2H3. The molecule has 13 heteroatoms. The average molecular weight is 595 g/mol. The SMILES string of the molecule is COc1ccc(CN(c2nccs2)S(=O)(=O)c2ccc3c(-c4ccc(CF)cc4OC)c([N+](=O)[O-])cnc3c2)cc1. The summed E-state index contributed by atoms with van der Waals surface area (Å²) in [4.78, 5) is 19.8. The first-order valence-corrected chi connectivity index (χ1v) is 14.4. The van der Waals surface area contributed by atoms with Crippen LogP contribution in [0.1, 0.15) is 11.1 Å². The topological polar surface area (TPSA) is 125 Å². The van der Waals surface area contributed by atoms with Crippen LogP contribution in [-0.4, -0.2) is 37.5 Å². The number of alkyl halides is 1. The highest BCUT2D eigenvalue weighted by atomic mass is 32.2. The first kappa shape index (κ1) is 27.9. The molecule has 2 aromatic heterocycles. The Morgan fingerprint density at radius 1 is 1.00 bits per heavy atom. The van der Waals surface area contributed by atoms with Crippen LogP contribution in [0.5, 0.6) is 11.5 Å². The van der Waals surface area contributed by atoms with Crippen LogP contribution in [0.15, 0.2) is 83.3 Å². The molecular weight excluding hydrogens is 571 g/mol. The van der Waals surface area contributed by atoms with Gasteiger partial charge in [-0.25, -0.2) is 27.1 Å². The Bertz CT molecular complexity index is 1830. The van der Waals surface area contributed by atoms with E-state index in [1.54, 1.807) is 42.8 Å². The van der Waals surface area contributed by atoms with Crippen LogP contribution in [0.3, 0.4) is 0 Å². The van der Waals surface area contributed by atoms with Crippen LogP contribution in [0.25, 0.3) is 22.0 Å². The minimum atomic E-state index is -4.15. The molecule has 0 N–H and O–H groups in total. The van der Waals surface area contributed by atoms with Crippen LogP contribution in [0.2, 0.25) is 0 Å². The molecule has 0 fully saturated rings. The van der Waals surface area contributed by atoms with Crippen molar-refractivity contribution in [1.29, 1.82) is 0 Å². The molecule has 5 rings (SSSR count). The highest BCUT2D eigenvalue weighted by Crippen LogP contribution is 2.42. The van der Waals surface area contributed by atoms with Gasteiger partial charge in [-0.1, -0.05) is 30.3 Å². The molecule has 0 saturated carbocycles. The molecule has 0 radical (unpaired) electrons. The monoisotopic (exact) mass is 594 g/mol. The molecule has 0 amide bonds. The second kappa shape index (κ2) is 11.5. The number of hydrogen-bond donors (Lipinski definition) is 0. The van der Waals surface area contributed by atoms with Gasteiger partial charge in [-0.3, -0.25) is 10.1 Å². The lowest BCUT2D eigenvalue weighted by Crippen LogP contribution is -2.30. The van der Waals surface area contributed by atoms with Gasteiger partial charge in [0.25, 0.3) is 15.7 Å². The number of benzene rings is 3. The van der Waals surface area contributed by atoms with E-state index in [1.807, 2.05) is 0 Å². The lowest BCUT2D eigenvalue weighted by Gasteiger charge is -2.22. The van der Waals surface area contributed by atoms with Gasteiger partial charge in [0, 0.05) is 22.5 Å². The number of anilines is 1. The Morgan fingerprint density at radius 2 is 1.76 bits per heavy atom. The van der Waals surface area contributed by atoms with E-state index in [1.165, 1.54) is 59.3 Å². The summed E-state index contributed by atoms with van der Waals surface area (Å²) in [5.74, 6) is 0.876. The summed E-state index contributed by atoms with van der Waals surface area (Å²) in [5.41, 5.74) is 1.50. The van der Waals surface area contributed by atoms with Gasteiger partial charge >= 0.3 is 0 Å². The number of pyridine rings is 1. The molecule has 3 aromatic carbocycles. The predicted molar refractivity (Wildman–Crippen MR) is 154 cm³/mol. The lowest BCUT2D eigenvalue weighted by atomic mass is 9.97. The van der Waals surface area contributed by atoms with Gasteiger partial charge in [0.2, 0.25) is 0 Å². The van der Waals surface area contributed by atoms with E-state index in [0.717, 1.165) is 6.20 Å². The van der Waals surface area contributed by atoms with Crippen molar-refractivity contribution >= 4 is 43.1 Å². The number of fused-ring (bicyclic) bond motifs is 1. The second-order valence-corrected chi connectivity index (χ2v) is 11.5. The predicted octanol–water partition coefficient (Wildman–Crippen LogP) is 6.15. The third-order valence-corrected chi connectivity index (χ3v) is 9.05. The van der Waals surface area contributed by atoms with Gasteiger partial charge in [-0.15, -0.1) is 11.3 Å². The van der Waals surface area contributed by atoms with E-state index >= 15 is 0 Å². The number of nitrogens with zero attached hydrogens (tertiary/aromatic N) is 4. The molecule has 210 valence electrons. The molecule has 0 spiro atoms. The Kier molecular flexibility index (Phi) is 7.81. The summed E-state index contributed by atoms with van der Waals surface area (Å²) < 4.78 is 53.1. The summed E-state index contributed by atoms with van der Waals surface area (Å²) in [7, 11) is -1.21. The van der Waals surface area contributed by atoms with E-state index < -0.39 is 21.6 Å². The van der Waals surface area contributed by atoms with Gasteiger partial charge in [0.15, 0.2) is 5.13 Å². The maximum atomic E-state index is 14.0. The largest absolute Gasteiger partial charge is 0.497 e. The molecule has 0 aliphatic carbocycles. The fourth-order valence-electron chi connectivity index (χ4n) is 4.39.